The van der Waals surface area contributed by atoms with Gasteiger partial charge < -0.3 is 10.4 Å². The first-order valence-corrected chi connectivity index (χ1v) is 8.62. The van der Waals surface area contributed by atoms with Crippen LogP contribution in [-0.4, -0.2) is 33.2 Å². The van der Waals surface area contributed by atoms with Crippen LogP contribution in [0.15, 0.2) is 59.5 Å². The molecule has 4 rings (SSSR count). The minimum atomic E-state index is -0.942. The van der Waals surface area contributed by atoms with Crippen LogP contribution in [0.5, 0.6) is 0 Å². The molecule has 122 valence electrons. The fraction of sp³-hybridized carbons (Fsp3) is 0.222. The zero-order chi connectivity index (χ0) is 16.7. The van der Waals surface area contributed by atoms with Gasteiger partial charge in [-0.1, -0.05) is 60.3 Å². The number of thioether (sulfide) groups is 1. The van der Waals surface area contributed by atoms with Crippen molar-refractivity contribution in [1.82, 2.24) is 10.2 Å². The summed E-state index contributed by atoms with van der Waals surface area (Å²) in [7, 11) is 0. The van der Waals surface area contributed by atoms with Crippen molar-refractivity contribution in [3.05, 3.63) is 65.7 Å². The van der Waals surface area contributed by atoms with Crippen LogP contribution in [0, 0.1) is 0 Å². The molecular formula is C18H16N2O3S. The number of amides is 2. The molecule has 0 bridgehead atoms. The number of fused-ring (bicyclic) bond motifs is 2. The van der Waals surface area contributed by atoms with Crippen molar-refractivity contribution in [2.24, 2.45) is 0 Å². The molecule has 0 saturated carbocycles. The van der Waals surface area contributed by atoms with Crippen LogP contribution in [0.3, 0.4) is 0 Å². The van der Waals surface area contributed by atoms with Gasteiger partial charge >= 0.3 is 0 Å². The molecule has 0 aromatic heterocycles. The molecule has 5 nitrogen and oxygen atoms in total. The normalized spacial score (nSPS) is 24.6. The maximum atomic E-state index is 12.3. The zero-order valence-electron chi connectivity index (χ0n) is 12.8. The van der Waals surface area contributed by atoms with E-state index in [1.54, 1.807) is 0 Å². The number of nitrogens with zero attached hydrogens (tertiary/aromatic N) is 1. The third-order valence-electron chi connectivity index (χ3n) is 4.31. The van der Waals surface area contributed by atoms with Crippen LogP contribution in [-0.2, 0) is 16.0 Å². The molecule has 24 heavy (non-hydrogen) atoms. The lowest BCUT2D eigenvalue weighted by atomic mass is 10.0. The second-order valence-corrected chi connectivity index (χ2v) is 7.03. The summed E-state index contributed by atoms with van der Waals surface area (Å²) in [6, 6.07) is 16.3. The first-order chi connectivity index (χ1) is 11.6. The van der Waals surface area contributed by atoms with Crippen molar-refractivity contribution in [2.45, 2.75) is 29.0 Å². The van der Waals surface area contributed by atoms with E-state index in [2.05, 4.69) is 5.32 Å². The average molecular weight is 340 g/mol. The van der Waals surface area contributed by atoms with Crippen molar-refractivity contribution < 1.29 is 14.7 Å². The summed E-state index contributed by atoms with van der Waals surface area (Å²) in [6.45, 7) is 0. The van der Waals surface area contributed by atoms with E-state index in [1.165, 1.54) is 16.7 Å². The molecule has 2 aromatic carbocycles. The number of benzene rings is 2. The fourth-order valence-corrected chi connectivity index (χ4v) is 4.47. The molecule has 0 spiro atoms. The molecule has 1 fully saturated rings. The highest BCUT2D eigenvalue weighted by Gasteiger charge is 2.54. The summed E-state index contributed by atoms with van der Waals surface area (Å²) in [6.07, 6.45) is -0.705. The molecule has 2 aliphatic heterocycles. The summed E-state index contributed by atoms with van der Waals surface area (Å²) in [5, 5.41) is 12.9. The molecule has 1 unspecified atom stereocenters. The first kappa shape index (κ1) is 15.2. The van der Waals surface area contributed by atoms with Gasteiger partial charge in [-0.05, 0) is 11.6 Å². The highest BCUT2D eigenvalue weighted by Crippen LogP contribution is 2.47. The lowest BCUT2D eigenvalue weighted by Gasteiger charge is -2.51. The molecule has 0 aliphatic carbocycles. The van der Waals surface area contributed by atoms with Crippen LogP contribution in [0.25, 0.3) is 0 Å². The Bertz CT molecular complexity index is 796. The molecule has 3 atom stereocenters. The largest absolute Gasteiger partial charge is 0.369 e. The quantitative estimate of drug-likeness (QED) is 0.834. The highest BCUT2D eigenvalue weighted by molar-refractivity contribution is 8.00. The van der Waals surface area contributed by atoms with Crippen LogP contribution in [0.1, 0.15) is 17.4 Å². The molecule has 2 aromatic rings. The maximum absolute atomic E-state index is 12.3. The summed E-state index contributed by atoms with van der Waals surface area (Å²) in [5.74, 6) is -0.427. The summed E-state index contributed by atoms with van der Waals surface area (Å²) < 4.78 is 0. The third kappa shape index (κ3) is 2.48. The van der Waals surface area contributed by atoms with Gasteiger partial charge in [0.15, 0.2) is 6.23 Å². The number of aliphatic hydroxyl groups is 1. The Balaban J connectivity index is 1.47. The number of hydrogen-bond donors (Lipinski definition) is 2. The van der Waals surface area contributed by atoms with Crippen LogP contribution >= 0.6 is 11.8 Å². The summed E-state index contributed by atoms with van der Waals surface area (Å²) in [5.41, 5.74) is 1.64. The number of carbonyl (C=O) groups excluding carboxylic acids is 2. The van der Waals surface area contributed by atoms with Gasteiger partial charge in [0.25, 0.3) is 5.91 Å². The number of carbonyl (C=O) groups is 2. The fourth-order valence-electron chi connectivity index (χ4n) is 3.09. The van der Waals surface area contributed by atoms with Crippen molar-refractivity contribution in [3.63, 3.8) is 0 Å². The van der Waals surface area contributed by atoms with Gasteiger partial charge in [0.1, 0.15) is 11.4 Å². The molecule has 1 saturated heterocycles. The zero-order valence-corrected chi connectivity index (χ0v) is 13.6. The number of β-lactam (4-membered cyclic amide) rings is 1. The van der Waals surface area contributed by atoms with Crippen LogP contribution < -0.4 is 5.32 Å². The van der Waals surface area contributed by atoms with Gasteiger partial charge in [-0.15, -0.1) is 0 Å². The number of hydrogen-bond acceptors (Lipinski definition) is 4. The number of nitrogens with one attached hydrogen (secondary N) is 1. The Morgan fingerprint density at radius 2 is 1.83 bits per heavy atom. The van der Waals surface area contributed by atoms with Gasteiger partial charge in [-0.2, -0.15) is 0 Å². The van der Waals surface area contributed by atoms with E-state index in [1.807, 2.05) is 54.6 Å². The molecular weight excluding hydrogens is 324 g/mol. The van der Waals surface area contributed by atoms with E-state index in [-0.39, 0.29) is 23.6 Å². The first-order valence-electron chi connectivity index (χ1n) is 7.74. The molecule has 2 aliphatic rings. The van der Waals surface area contributed by atoms with E-state index in [9.17, 15) is 14.7 Å². The third-order valence-corrected chi connectivity index (χ3v) is 5.68. The second kappa shape index (κ2) is 5.96. The Hall–Kier alpha value is -2.31. The second-order valence-electron chi connectivity index (χ2n) is 5.87. The van der Waals surface area contributed by atoms with Gasteiger partial charge in [-0.3, -0.25) is 14.5 Å². The van der Waals surface area contributed by atoms with Gasteiger partial charge in [-0.25, -0.2) is 0 Å². The van der Waals surface area contributed by atoms with Crippen LogP contribution in [0.2, 0.25) is 0 Å². The number of aliphatic hydroxyl groups excluding tert-OH is 1. The average Bonchev–Trinajstić information content (AvgIpc) is 2.60. The Labute approximate surface area is 143 Å². The summed E-state index contributed by atoms with van der Waals surface area (Å²) in [4.78, 5) is 26.9. The lowest BCUT2D eigenvalue weighted by molar-refractivity contribution is -0.164. The van der Waals surface area contributed by atoms with Crippen molar-refractivity contribution in [1.29, 1.82) is 0 Å². The standard InChI is InChI=1S/C18H16N2O3S/c21-14(10-11-6-2-1-3-7-11)19-15-17(23)20-16(22)12-8-4-5-9-13(12)24-18(15)20/h1-9,15-16,18,22H,10H2,(H,19,21)/t15-,16?,18-/m1/s1. The SMILES string of the molecule is O=C(Cc1ccccc1)N[C@@H]1C(=O)N2C(O)c3ccccc3S[C@H]12. The predicted octanol–water partition coefficient (Wildman–Crippen LogP) is 1.68. The Morgan fingerprint density at radius 3 is 2.62 bits per heavy atom. The van der Waals surface area contributed by atoms with Crippen molar-refractivity contribution >= 4 is 23.6 Å². The van der Waals surface area contributed by atoms with Gasteiger partial charge in [0.05, 0.1) is 6.42 Å². The molecule has 2 amide bonds. The maximum Gasteiger partial charge on any atom is 0.251 e. The van der Waals surface area contributed by atoms with E-state index >= 15 is 0 Å². The minimum Gasteiger partial charge on any atom is -0.369 e. The summed E-state index contributed by atoms with van der Waals surface area (Å²) >= 11 is 1.50. The van der Waals surface area contributed by atoms with Crippen molar-refractivity contribution in [2.75, 3.05) is 0 Å². The van der Waals surface area contributed by atoms with Crippen molar-refractivity contribution in [3.8, 4) is 0 Å². The minimum absolute atomic E-state index is 0.187. The molecule has 2 N–H and O–H groups in total. The molecule has 0 radical (unpaired) electrons. The molecule has 2 heterocycles. The number of rotatable bonds is 3. The van der Waals surface area contributed by atoms with Gasteiger partial charge in [0, 0.05) is 10.5 Å². The smallest absolute Gasteiger partial charge is 0.251 e. The van der Waals surface area contributed by atoms with Crippen LogP contribution in [0.4, 0.5) is 0 Å². The topological polar surface area (TPSA) is 69.6 Å². The van der Waals surface area contributed by atoms with E-state index in [4.69, 9.17) is 0 Å². The molecule has 6 heteroatoms. The predicted molar refractivity (Wildman–Crippen MR) is 90.0 cm³/mol. The van der Waals surface area contributed by atoms with E-state index in [0.717, 1.165) is 16.0 Å². The lowest BCUT2D eigenvalue weighted by Crippen LogP contribution is -2.71. The Morgan fingerprint density at radius 1 is 1.12 bits per heavy atom. The monoisotopic (exact) mass is 340 g/mol. The van der Waals surface area contributed by atoms with E-state index < -0.39 is 12.3 Å². The Kier molecular flexibility index (Phi) is 3.78. The van der Waals surface area contributed by atoms with E-state index in [0.29, 0.717) is 0 Å². The van der Waals surface area contributed by atoms with Gasteiger partial charge in [0.2, 0.25) is 5.91 Å². The highest BCUT2D eigenvalue weighted by atomic mass is 32.2.